The summed E-state index contributed by atoms with van der Waals surface area (Å²) >= 11 is 0. The van der Waals surface area contributed by atoms with E-state index in [1.807, 2.05) is 13.8 Å². The van der Waals surface area contributed by atoms with Crippen LogP contribution in [-0.4, -0.2) is 11.7 Å². The van der Waals surface area contributed by atoms with Crippen LogP contribution in [0.25, 0.3) is 0 Å². The van der Waals surface area contributed by atoms with Crippen molar-refractivity contribution in [2.75, 3.05) is 6.61 Å². The highest BCUT2D eigenvalue weighted by atomic mass is 16.3. The minimum Gasteiger partial charge on any atom is -0.396 e. The zero-order valence-corrected chi connectivity index (χ0v) is 9.38. The van der Waals surface area contributed by atoms with Crippen LogP contribution >= 0.6 is 0 Å². The molecule has 0 saturated carbocycles. The summed E-state index contributed by atoms with van der Waals surface area (Å²) in [7, 11) is 0. The summed E-state index contributed by atoms with van der Waals surface area (Å²) in [4.78, 5) is 0. The number of aliphatic hydroxyl groups excluding tert-OH is 1. The van der Waals surface area contributed by atoms with Gasteiger partial charge >= 0.3 is 0 Å². The lowest BCUT2D eigenvalue weighted by Gasteiger charge is -2.02. The van der Waals surface area contributed by atoms with E-state index in [4.69, 9.17) is 5.11 Å². The quantitative estimate of drug-likeness (QED) is 0.725. The summed E-state index contributed by atoms with van der Waals surface area (Å²) in [6.07, 6.45) is 2.13. The maximum Gasteiger partial charge on any atom is 0.0465 e. The smallest absolute Gasteiger partial charge is 0.0465 e. The first-order chi connectivity index (χ1) is 6.81. The monoisotopic (exact) mass is 192 g/mol. The van der Waals surface area contributed by atoms with Gasteiger partial charge in [-0.3, -0.25) is 0 Å². The summed E-state index contributed by atoms with van der Waals surface area (Å²) in [5, 5.41) is 9.03. The van der Waals surface area contributed by atoms with Gasteiger partial charge in [0, 0.05) is 6.61 Å². The lowest BCUT2D eigenvalue weighted by atomic mass is 10.0. The van der Waals surface area contributed by atoms with Gasteiger partial charge in [-0.05, 0) is 42.4 Å². The number of fused-ring (bicyclic) bond motifs is 1. The van der Waals surface area contributed by atoms with Gasteiger partial charge in [0.2, 0.25) is 0 Å². The fraction of sp³-hybridized carbons (Fsp3) is 0.538. The molecular weight excluding hydrogens is 172 g/mol. The fourth-order valence-corrected chi connectivity index (χ4v) is 2.05. The number of hydrogen-bond acceptors (Lipinski definition) is 1. The third kappa shape index (κ3) is 2.16. The summed E-state index contributed by atoms with van der Waals surface area (Å²) in [5.41, 5.74) is 4.29. The Morgan fingerprint density at radius 3 is 2.57 bits per heavy atom. The zero-order chi connectivity index (χ0) is 10.6. The van der Waals surface area contributed by atoms with Crippen molar-refractivity contribution in [2.45, 2.75) is 33.6 Å². The van der Waals surface area contributed by atoms with E-state index in [2.05, 4.69) is 25.1 Å². The van der Waals surface area contributed by atoms with Gasteiger partial charge in [0.15, 0.2) is 0 Å². The molecule has 0 amide bonds. The van der Waals surface area contributed by atoms with E-state index in [-0.39, 0.29) is 0 Å². The molecule has 1 aliphatic rings. The Morgan fingerprint density at radius 2 is 2.00 bits per heavy atom. The Balaban J connectivity index is 0.000000461. The van der Waals surface area contributed by atoms with Gasteiger partial charge in [0.1, 0.15) is 0 Å². The van der Waals surface area contributed by atoms with Gasteiger partial charge < -0.3 is 5.11 Å². The summed E-state index contributed by atoms with van der Waals surface area (Å²) in [6.45, 7) is 6.48. The van der Waals surface area contributed by atoms with E-state index in [0.717, 1.165) is 12.8 Å². The minimum atomic E-state index is 0.328. The lowest BCUT2D eigenvalue weighted by Crippen LogP contribution is -2.04. The van der Waals surface area contributed by atoms with Crippen LogP contribution in [0.2, 0.25) is 0 Å². The van der Waals surface area contributed by atoms with Crippen LogP contribution in [0.4, 0.5) is 0 Å². The third-order valence-electron chi connectivity index (χ3n) is 2.77. The fourth-order valence-electron chi connectivity index (χ4n) is 2.05. The number of hydrogen-bond donors (Lipinski definition) is 1. The predicted molar refractivity (Wildman–Crippen MR) is 60.5 cm³/mol. The Bertz CT molecular complexity index is 291. The van der Waals surface area contributed by atoms with Crippen molar-refractivity contribution in [3.8, 4) is 0 Å². The molecular formula is C13H20O. The molecule has 1 heteroatoms. The molecule has 1 nitrogen and oxygen atoms in total. The second kappa shape index (κ2) is 5.16. The van der Waals surface area contributed by atoms with Crippen molar-refractivity contribution in [2.24, 2.45) is 5.92 Å². The van der Waals surface area contributed by atoms with Crippen molar-refractivity contribution >= 4 is 0 Å². The van der Waals surface area contributed by atoms with Crippen LogP contribution in [0.15, 0.2) is 18.2 Å². The molecule has 0 fully saturated rings. The first-order valence-electron chi connectivity index (χ1n) is 5.49. The topological polar surface area (TPSA) is 20.2 Å². The van der Waals surface area contributed by atoms with Gasteiger partial charge in [0.25, 0.3) is 0 Å². The Kier molecular flexibility index (Phi) is 4.15. The molecule has 14 heavy (non-hydrogen) atoms. The molecule has 1 aliphatic carbocycles. The average Bonchev–Trinajstić information content (AvgIpc) is 2.65. The molecule has 1 aromatic carbocycles. The molecule has 0 aliphatic heterocycles. The van der Waals surface area contributed by atoms with Gasteiger partial charge in [-0.2, -0.15) is 0 Å². The average molecular weight is 192 g/mol. The first-order valence-corrected chi connectivity index (χ1v) is 5.49. The molecule has 0 bridgehead atoms. The molecule has 1 unspecified atom stereocenters. The first kappa shape index (κ1) is 11.3. The SMILES string of the molecule is CC.Cc1cccc2c1CC(CO)C2. The van der Waals surface area contributed by atoms with Crippen LogP contribution in [-0.2, 0) is 12.8 Å². The lowest BCUT2D eigenvalue weighted by molar-refractivity contribution is 0.232. The predicted octanol–water partition coefficient (Wildman–Crippen LogP) is 2.73. The molecule has 0 heterocycles. The van der Waals surface area contributed by atoms with Gasteiger partial charge in [0.05, 0.1) is 0 Å². The van der Waals surface area contributed by atoms with E-state index in [0.29, 0.717) is 12.5 Å². The standard InChI is InChI=1S/C11H14O.C2H6/c1-8-3-2-4-10-5-9(7-12)6-11(8)10;1-2/h2-4,9,12H,5-7H2,1H3;1-2H3. The summed E-state index contributed by atoms with van der Waals surface area (Å²) < 4.78 is 0. The number of rotatable bonds is 1. The molecule has 0 aromatic heterocycles. The number of aliphatic hydroxyl groups is 1. The molecule has 2 rings (SSSR count). The van der Waals surface area contributed by atoms with Crippen molar-refractivity contribution in [1.82, 2.24) is 0 Å². The van der Waals surface area contributed by atoms with Crippen LogP contribution in [0.1, 0.15) is 30.5 Å². The largest absolute Gasteiger partial charge is 0.396 e. The van der Waals surface area contributed by atoms with E-state index in [9.17, 15) is 0 Å². The molecule has 1 N–H and O–H groups in total. The van der Waals surface area contributed by atoms with Gasteiger partial charge in [-0.15, -0.1) is 0 Å². The van der Waals surface area contributed by atoms with Crippen molar-refractivity contribution < 1.29 is 5.11 Å². The maximum absolute atomic E-state index is 9.03. The molecule has 1 aromatic rings. The number of aryl methyl sites for hydroxylation is 1. The van der Waals surface area contributed by atoms with Crippen molar-refractivity contribution in [3.63, 3.8) is 0 Å². The molecule has 0 radical (unpaired) electrons. The maximum atomic E-state index is 9.03. The molecule has 0 saturated heterocycles. The van der Waals surface area contributed by atoms with Crippen LogP contribution in [0.5, 0.6) is 0 Å². The Labute approximate surface area is 86.8 Å². The third-order valence-corrected chi connectivity index (χ3v) is 2.77. The van der Waals surface area contributed by atoms with E-state index in [1.165, 1.54) is 16.7 Å². The van der Waals surface area contributed by atoms with Crippen LogP contribution in [0, 0.1) is 12.8 Å². The van der Waals surface area contributed by atoms with Crippen LogP contribution in [0.3, 0.4) is 0 Å². The highest BCUT2D eigenvalue weighted by Crippen LogP contribution is 2.28. The van der Waals surface area contributed by atoms with Gasteiger partial charge in [-0.25, -0.2) is 0 Å². The van der Waals surface area contributed by atoms with Crippen molar-refractivity contribution in [3.05, 3.63) is 34.9 Å². The highest BCUT2D eigenvalue weighted by molar-refractivity contribution is 5.38. The van der Waals surface area contributed by atoms with E-state index in [1.54, 1.807) is 0 Å². The van der Waals surface area contributed by atoms with Crippen LogP contribution < -0.4 is 0 Å². The minimum absolute atomic E-state index is 0.328. The Hall–Kier alpha value is -0.820. The van der Waals surface area contributed by atoms with Gasteiger partial charge in [-0.1, -0.05) is 32.0 Å². The van der Waals surface area contributed by atoms with E-state index >= 15 is 0 Å². The van der Waals surface area contributed by atoms with Crippen molar-refractivity contribution in [1.29, 1.82) is 0 Å². The molecule has 1 atom stereocenters. The van der Waals surface area contributed by atoms with E-state index < -0.39 is 0 Å². The molecule has 78 valence electrons. The summed E-state index contributed by atoms with van der Waals surface area (Å²) in [5.74, 6) is 0.473. The second-order valence-corrected chi connectivity index (χ2v) is 3.67. The normalized spacial score (nSPS) is 18.4. The summed E-state index contributed by atoms with van der Waals surface area (Å²) in [6, 6.07) is 6.44. The molecule has 0 spiro atoms. The zero-order valence-electron chi connectivity index (χ0n) is 9.38. The number of benzene rings is 1. The highest BCUT2D eigenvalue weighted by Gasteiger charge is 2.21. The Morgan fingerprint density at radius 1 is 1.29 bits per heavy atom. The second-order valence-electron chi connectivity index (χ2n) is 3.67.